The van der Waals surface area contributed by atoms with Crippen molar-refractivity contribution in [3.8, 4) is 11.4 Å². The molecule has 0 atom stereocenters. The molecule has 2 heterocycles. The molecule has 1 fully saturated rings. The molecular weight excluding hydrogens is 394 g/mol. The molecule has 1 aromatic heterocycles. The van der Waals surface area contributed by atoms with E-state index in [0.29, 0.717) is 12.4 Å². The fourth-order valence-corrected chi connectivity index (χ4v) is 3.59. The van der Waals surface area contributed by atoms with Gasteiger partial charge in [0.2, 0.25) is 5.78 Å². The molecule has 158 valence electrons. The second-order valence-corrected chi connectivity index (χ2v) is 7.65. The van der Waals surface area contributed by atoms with Crippen LogP contribution in [0, 0.1) is 10.1 Å². The number of hydrogen-bond acceptors (Lipinski definition) is 7. The highest BCUT2D eigenvalue weighted by Crippen LogP contribution is 2.22. The third-order valence-electron chi connectivity index (χ3n) is 5.42. The summed E-state index contributed by atoms with van der Waals surface area (Å²) in [7, 11) is 2.09. The maximum Gasteiger partial charge on any atom is 0.270 e. The third kappa shape index (κ3) is 4.82. The van der Waals surface area contributed by atoms with E-state index in [2.05, 4.69) is 26.8 Å². The Balaban J connectivity index is 1.72. The van der Waals surface area contributed by atoms with E-state index in [1.165, 1.54) is 18.2 Å². The molecule has 3 aromatic rings. The first-order valence-electron chi connectivity index (χ1n) is 10.1. The molecule has 4 rings (SSSR count). The Labute approximate surface area is 180 Å². The van der Waals surface area contributed by atoms with Crippen LogP contribution in [0.15, 0.2) is 60.8 Å². The van der Waals surface area contributed by atoms with Gasteiger partial charge in [-0.2, -0.15) is 0 Å². The number of nitrogens with zero attached hydrogens (tertiary/aromatic N) is 5. The molecule has 0 spiro atoms. The van der Waals surface area contributed by atoms with Crippen LogP contribution in [-0.4, -0.2) is 63.7 Å². The number of rotatable bonds is 6. The third-order valence-corrected chi connectivity index (χ3v) is 5.42. The summed E-state index contributed by atoms with van der Waals surface area (Å²) < 4.78 is 0. The highest BCUT2D eigenvalue weighted by atomic mass is 16.6. The molecule has 0 saturated carbocycles. The Kier molecular flexibility index (Phi) is 6.11. The first kappa shape index (κ1) is 20.8. The summed E-state index contributed by atoms with van der Waals surface area (Å²) in [6.45, 7) is 4.25. The molecule has 1 aliphatic rings. The number of piperazine rings is 1. The largest absolute Gasteiger partial charge is 0.304 e. The van der Waals surface area contributed by atoms with Crippen molar-refractivity contribution in [1.82, 2.24) is 19.8 Å². The average molecular weight is 417 g/mol. The first-order valence-corrected chi connectivity index (χ1v) is 10.1. The number of carbonyl (C=O) groups excluding carboxylic acids is 1. The smallest absolute Gasteiger partial charge is 0.270 e. The Morgan fingerprint density at radius 3 is 2.52 bits per heavy atom. The van der Waals surface area contributed by atoms with E-state index in [9.17, 15) is 14.9 Å². The van der Waals surface area contributed by atoms with Crippen LogP contribution in [0.25, 0.3) is 11.4 Å². The van der Waals surface area contributed by atoms with Crippen molar-refractivity contribution in [2.24, 2.45) is 0 Å². The van der Waals surface area contributed by atoms with E-state index in [1.807, 2.05) is 30.3 Å². The molecule has 0 radical (unpaired) electrons. The molecule has 1 saturated heterocycles. The van der Waals surface area contributed by atoms with Crippen molar-refractivity contribution in [3.63, 3.8) is 0 Å². The van der Waals surface area contributed by atoms with Gasteiger partial charge in [0.15, 0.2) is 5.82 Å². The summed E-state index contributed by atoms with van der Waals surface area (Å²) in [5.74, 6) is 0.115. The van der Waals surface area contributed by atoms with E-state index in [0.717, 1.165) is 37.3 Å². The quantitative estimate of drug-likeness (QED) is 0.346. The van der Waals surface area contributed by atoms with Crippen molar-refractivity contribution in [1.29, 1.82) is 0 Å². The average Bonchev–Trinajstić information content (AvgIpc) is 2.81. The Bertz CT molecular complexity index is 1100. The summed E-state index contributed by atoms with van der Waals surface area (Å²) in [6.07, 6.45) is 1.71. The van der Waals surface area contributed by atoms with Gasteiger partial charge in [0.25, 0.3) is 5.69 Å². The lowest BCUT2D eigenvalue weighted by Gasteiger charge is -2.32. The zero-order valence-electron chi connectivity index (χ0n) is 17.3. The van der Waals surface area contributed by atoms with E-state index < -0.39 is 4.92 Å². The van der Waals surface area contributed by atoms with Crippen LogP contribution in [0.2, 0.25) is 0 Å². The number of nitro benzene ring substituents is 1. The minimum absolute atomic E-state index is 0.121. The summed E-state index contributed by atoms with van der Waals surface area (Å²) in [6, 6.07) is 15.2. The molecule has 2 aromatic carbocycles. The summed E-state index contributed by atoms with van der Waals surface area (Å²) in [5.41, 5.74) is 1.94. The number of hydrogen-bond donors (Lipinski definition) is 0. The molecule has 31 heavy (non-hydrogen) atoms. The highest BCUT2D eigenvalue weighted by molar-refractivity contribution is 6.09. The lowest BCUT2D eigenvalue weighted by atomic mass is 10.0. The number of ketones is 1. The second-order valence-electron chi connectivity index (χ2n) is 7.65. The monoisotopic (exact) mass is 417 g/mol. The Hall–Kier alpha value is -3.49. The van der Waals surface area contributed by atoms with Gasteiger partial charge in [-0.3, -0.25) is 19.8 Å². The van der Waals surface area contributed by atoms with E-state index in [-0.39, 0.29) is 22.7 Å². The molecule has 8 nitrogen and oxygen atoms in total. The number of likely N-dealkylation sites (N-methyl/N-ethyl adjacent to an activating group) is 1. The van der Waals surface area contributed by atoms with Crippen LogP contribution in [-0.2, 0) is 6.54 Å². The zero-order chi connectivity index (χ0) is 21.8. The fraction of sp³-hybridized carbons (Fsp3) is 0.261. The number of non-ortho nitro benzene ring substituents is 1. The van der Waals surface area contributed by atoms with Crippen molar-refractivity contribution < 1.29 is 9.72 Å². The van der Waals surface area contributed by atoms with Crippen LogP contribution < -0.4 is 0 Å². The van der Waals surface area contributed by atoms with Gasteiger partial charge in [-0.05, 0) is 7.05 Å². The molecule has 1 aliphatic heterocycles. The number of carbonyl (C=O) groups is 1. The topological polar surface area (TPSA) is 92.5 Å². The van der Waals surface area contributed by atoms with Crippen molar-refractivity contribution >= 4 is 11.5 Å². The van der Waals surface area contributed by atoms with Crippen molar-refractivity contribution in [3.05, 3.63) is 87.7 Å². The summed E-state index contributed by atoms with van der Waals surface area (Å²) >= 11 is 0. The van der Waals surface area contributed by atoms with Gasteiger partial charge < -0.3 is 4.90 Å². The molecule has 0 amide bonds. The van der Waals surface area contributed by atoms with Gasteiger partial charge >= 0.3 is 0 Å². The number of benzene rings is 2. The fourth-order valence-electron chi connectivity index (χ4n) is 3.59. The van der Waals surface area contributed by atoms with Gasteiger partial charge in [-0.25, -0.2) is 9.97 Å². The SMILES string of the molecule is CN1CCN(Cc2cnc(-c3ccccc3)nc2C(=O)c2cccc([N+](=O)[O-])c2)CC1. The Morgan fingerprint density at radius 1 is 1.06 bits per heavy atom. The number of aromatic nitrogens is 2. The molecular formula is C23H23N5O3. The minimum Gasteiger partial charge on any atom is -0.304 e. The predicted octanol–water partition coefficient (Wildman–Crippen LogP) is 3.03. The number of nitro groups is 1. The lowest BCUT2D eigenvalue weighted by Crippen LogP contribution is -2.44. The highest BCUT2D eigenvalue weighted by Gasteiger charge is 2.22. The maximum absolute atomic E-state index is 13.4. The van der Waals surface area contributed by atoms with Gasteiger partial charge in [-0.1, -0.05) is 42.5 Å². The molecule has 0 aliphatic carbocycles. The minimum atomic E-state index is -0.503. The van der Waals surface area contributed by atoms with Crippen LogP contribution in [0.5, 0.6) is 0 Å². The molecule has 8 heteroatoms. The zero-order valence-corrected chi connectivity index (χ0v) is 17.3. The standard InChI is InChI=1S/C23H23N5O3/c1-26-10-12-27(13-11-26)16-19-15-24-23(17-6-3-2-4-7-17)25-21(19)22(29)18-8-5-9-20(14-18)28(30)31/h2-9,14-15H,10-13,16H2,1H3. The van der Waals surface area contributed by atoms with Gasteiger partial charge in [0.05, 0.1) is 4.92 Å². The van der Waals surface area contributed by atoms with Gasteiger partial charge in [0, 0.05) is 67.7 Å². The normalized spacial score (nSPS) is 15.0. The van der Waals surface area contributed by atoms with Crippen LogP contribution in [0.1, 0.15) is 21.6 Å². The molecule has 0 N–H and O–H groups in total. The van der Waals surface area contributed by atoms with E-state index in [1.54, 1.807) is 12.3 Å². The molecule has 0 unspecified atom stereocenters. The van der Waals surface area contributed by atoms with E-state index in [4.69, 9.17) is 0 Å². The summed E-state index contributed by atoms with van der Waals surface area (Å²) in [5, 5.41) is 11.2. The van der Waals surface area contributed by atoms with Gasteiger partial charge in [-0.15, -0.1) is 0 Å². The van der Waals surface area contributed by atoms with Crippen LogP contribution >= 0.6 is 0 Å². The van der Waals surface area contributed by atoms with Crippen LogP contribution in [0.3, 0.4) is 0 Å². The van der Waals surface area contributed by atoms with Crippen molar-refractivity contribution in [2.75, 3.05) is 33.2 Å². The predicted molar refractivity (Wildman–Crippen MR) is 117 cm³/mol. The van der Waals surface area contributed by atoms with Crippen molar-refractivity contribution in [2.45, 2.75) is 6.54 Å². The first-order chi connectivity index (χ1) is 15.0. The lowest BCUT2D eigenvalue weighted by molar-refractivity contribution is -0.384. The summed E-state index contributed by atoms with van der Waals surface area (Å²) in [4.78, 5) is 37.7. The Morgan fingerprint density at radius 2 is 1.81 bits per heavy atom. The molecule has 0 bridgehead atoms. The second kappa shape index (κ2) is 9.11. The van der Waals surface area contributed by atoms with Crippen LogP contribution in [0.4, 0.5) is 5.69 Å². The van der Waals surface area contributed by atoms with Gasteiger partial charge in [0.1, 0.15) is 5.69 Å². The maximum atomic E-state index is 13.4. The van der Waals surface area contributed by atoms with E-state index >= 15 is 0 Å².